The van der Waals surface area contributed by atoms with Gasteiger partial charge in [0, 0.05) is 44.2 Å². The summed E-state index contributed by atoms with van der Waals surface area (Å²) in [5, 5.41) is 10.4. The zero-order chi connectivity index (χ0) is 19.7. The van der Waals surface area contributed by atoms with Crippen LogP contribution in [-0.2, 0) is 4.74 Å². The largest absolute Gasteiger partial charge is 0.495 e. The molecule has 2 aliphatic rings. The standard InChI is InChI=1S/C20H20F2N4O2/c1-25-18(27)11-16(13-5-7-23-8-6-13)24-20(25)26-9-10-28-17(12-26)19-14(21)3-2-4-15(19)22/h2-8,11,17,20,27H,9-10,12H2,1H3/t17?,20-/m0/s1. The molecule has 1 aromatic heterocycles. The summed E-state index contributed by atoms with van der Waals surface area (Å²) in [6.45, 7) is 1.06. The number of rotatable bonds is 3. The molecule has 2 atom stereocenters. The van der Waals surface area contributed by atoms with Gasteiger partial charge in [-0.1, -0.05) is 6.07 Å². The van der Waals surface area contributed by atoms with E-state index in [-0.39, 0.29) is 18.0 Å². The number of aliphatic imine (C=N–C) groups is 1. The number of aromatic nitrogens is 1. The molecule has 1 saturated heterocycles. The zero-order valence-corrected chi connectivity index (χ0v) is 15.3. The monoisotopic (exact) mass is 386 g/mol. The van der Waals surface area contributed by atoms with Gasteiger partial charge >= 0.3 is 0 Å². The molecule has 146 valence electrons. The lowest BCUT2D eigenvalue weighted by molar-refractivity contribution is -0.0732. The Balaban J connectivity index is 1.62. The zero-order valence-electron chi connectivity index (χ0n) is 15.3. The van der Waals surface area contributed by atoms with Crippen LogP contribution in [0.3, 0.4) is 0 Å². The lowest BCUT2D eigenvalue weighted by atomic mass is 10.1. The highest BCUT2D eigenvalue weighted by molar-refractivity contribution is 6.09. The molecule has 0 saturated carbocycles. The minimum atomic E-state index is -0.754. The molecule has 6 nitrogen and oxygen atoms in total. The van der Waals surface area contributed by atoms with Crippen LogP contribution in [0, 0.1) is 11.6 Å². The molecule has 1 unspecified atom stereocenters. The molecule has 2 aliphatic heterocycles. The van der Waals surface area contributed by atoms with E-state index in [4.69, 9.17) is 9.73 Å². The summed E-state index contributed by atoms with van der Waals surface area (Å²) in [4.78, 5) is 12.3. The van der Waals surface area contributed by atoms with E-state index in [9.17, 15) is 13.9 Å². The number of allylic oxidation sites excluding steroid dienone is 1. The van der Waals surface area contributed by atoms with Crippen LogP contribution < -0.4 is 0 Å². The maximum atomic E-state index is 14.2. The smallest absolute Gasteiger partial charge is 0.191 e. The lowest BCUT2D eigenvalue weighted by Gasteiger charge is -2.41. The van der Waals surface area contributed by atoms with Gasteiger partial charge in [0.2, 0.25) is 0 Å². The topological polar surface area (TPSA) is 61.2 Å². The lowest BCUT2D eigenvalue weighted by Crippen LogP contribution is -2.52. The third-order valence-electron chi connectivity index (χ3n) is 4.95. The maximum absolute atomic E-state index is 14.2. The van der Waals surface area contributed by atoms with Gasteiger partial charge in [-0.25, -0.2) is 13.8 Å². The Kier molecular flexibility index (Phi) is 5.06. The first-order valence-electron chi connectivity index (χ1n) is 8.96. The quantitative estimate of drug-likeness (QED) is 0.879. The van der Waals surface area contributed by atoms with Gasteiger partial charge in [-0.3, -0.25) is 9.88 Å². The SMILES string of the molecule is CN1C(O)=CC(c2ccncc2)=N[C@@H]1N1CCOC(c2c(F)cccc2F)C1. The Hall–Kier alpha value is -2.84. The average Bonchev–Trinajstić information content (AvgIpc) is 2.71. The van der Waals surface area contributed by atoms with Gasteiger partial charge in [0.05, 0.1) is 17.9 Å². The van der Waals surface area contributed by atoms with E-state index in [0.29, 0.717) is 18.9 Å². The minimum Gasteiger partial charge on any atom is -0.495 e. The number of hydrogen-bond acceptors (Lipinski definition) is 6. The van der Waals surface area contributed by atoms with Crippen molar-refractivity contribution in [1.82, 2.24) is 14.8 Å². The number of ether oxygens (including phenoxy) is 1. The molecule has 1 N–H and O–H groups in total. The number of halogens is 2. The second-order valence-corrected chi connectivity index (χ2v) is 6.70. The van der Waals surface area contributed by atoms with Gasteiger partial charge in [0.1, 0.15) is 17.7 Å². The van der Waals surface area contributed by atoms with Gasteiger partial charge in [0.25, 0.3) is 0 Å². The molecule has 0 amide bonds. The predicted molar refractivity (Wildman–Crippen MR) is 99.7 cm³/mol. The minimum absolute atomic E-state index is 0.0620. The Labute approximate surface area is 161 Å². The van der Waals surface area contributed by atoms with Crippen LogP contribution in [0.2, 0.25) is 0 Å². The van der Waals surface area contributed by atoms with Crippen molar-refractivity contribution in [3.63, 3.8) is 0 Å². The van der Waals surface area contributed by atoms with Crippen molar-refractivity contribution in [2.24, 2.45) is 4.99 Å². The summed E-state index contributed by atoms with van der Waals surface area (Å²) in [6.07, 6.45) is 3.62. The van der Waals surface area contributed by atoms with Crippen LogP contribution in [0.4, 0.5) is 8.78 Å². The molecule has 0 spiro atoms. The second-order valence-electron chi connectivity index (χ2n) is 6.70. The molecule has 2 aromatic rings. The number of aliphatic hydroxyl groups is 1. The second kappa shape index (κ2) is 7.65. The highest BCUT2D eigenvalue weighted by Crippen LogP contribution is 2.29. The number of aliphatic hydroxyl groups excluding tert-OH is 1. The third-order valence-corrected chi connectivity index (χ3v) is 4.95. The summed E-state index contributed by atoms with van der Waals surface area (Å²) in [6, 6.07) is 7.39. The summed E-state index contributed by atoms with van der Waals surface area (Å²) in [5.74, 6) is -1.20. The van der Waals surface area contributed by atoms with Crippen molar-refractivity contribution in [3.8, 4) is 0 Å². The fraction of sp³-hybridized carbons (Fsp3) is 0.300. The first kappa shape index (κ1) is 18.5. The molecule has 3 heterocycles. The Morgan fingerprint density at radius 3 is 2.57 bits per heavy atom. The van der Waals surface area contributed by atoms with E-state index in [1.807, 2.05) is 17.0 Å². The van der Waals surface area contributed by atoms with E-state index in [0.717, 1.165) is 5.56 Å². The van der Waals surface area contributed by atoms with Gasteiger partial charge in [-0.05, 0) is 24.3 Å². The number of pyridine rings is 1. The number of benzene rings is 1. The number of morpholine rings is 1. The number of hydrogen-bond donors (Lipinski definition) is 1. The summed E-state index contributed by atoms with van der Waals surface area (Å²) < 4.78 is 34.0. The molecule has 0 bridgehead atoms. The normalized spacial score (nSPS) is 23.3. The maximum Gasteiger partial charge on any atom is 0.191 e. The van der Waals surface area contributed by atoms with Crippen molar-refractivity contribution < 1.29 is 18.6 Å². The van der Waals surface area contributed by atoms with Crippen LogP contribution in [0.1, 0.15) is 17.2 Å². The van der Waals surface area contributed by atoms with Gasteiger partial charge in [0.15, 0.2) is 12.2 Å². The summed E-state index contributed by atoms with van der Waals surface area (Å²) >= 11 is 0. The van der Waals surface area contributed by atoms with Crippen molar-refractivity contribution in [2.45, 2.75) is 12.4 Å². The molecule has 8 heteroatoms. The molecule has 0 radical (unpaired) electrons. The summed E-state index contributed by atoms with van der Waals surface area (Å²) in [7, 11) is 1.72. The fourth-order valence-corrected chi connectivity index (χ4v) is 3.47. The molecular weight excluding hydrogens is 366 g/mol. The molecule has 1 fully saturated rings. The van der Waals surface area contributed by atoms with Crippen molar-refractivity contribution in [1.29, 1.82) is 0 Å². The van der Waals surface area contributed by atoms with Crippen molar-refractivity contribution in [3.05, 3.63) is 77.4 Å². The van der Waals surface area contributed by atoms with Crippen LogP contribution in [-0.4, -0.2) is 58.6 Å². The van der Waals surface area contributed by atoms with E-state index in [2.05, 4.69) is 4.98 Å². The Bertz CT molecular complexity index is 899. The Morgan fingerprint density at radius 1 is 1.14 bits per heavy atom. The first-order chi connectivity index (χ1) is 13.5. The molecule has 0 aliphatic carbocycles. The summed E-state index contributed by atoms with van der Waals surface area (Å²) in [5.41, 5.74) is 1.36. The molecular formula is C20H20F2N4O2. The van der Waals surface area contributed by atoms with E-state index < -0.39 is 24.0 Å². The van der Waals surface area contributed by atoms with Gasteiger partial charge in [-0.2, -0.15) is 0 Å². The third kappa shape index (κ3) is 3.48. The van der Waals surface area contributed by atoms with Crippen LogP contribution in [0.25, 0.3) is 0 Å². The van der Waals surface area contributed by atoms with Crippen molar-refractivity contribution in [2.75, 3.05) is 26.7 Å². The molecule has 28 heavy (non-hydrogen) atoms. The fourth-order valence-electron chi connectivity index (χ4n) is 3.47. The van der Waals surface area contributed by atoms with Crippen LogP contribution in [0.15, 0.2) is 59.7 Å². The van der Waals surface area contributed by atoms with E-state index in [1.54, 1.807) is 30.4 Å². The Morgan fingerprint density at radius 2 is 1.86 bits per heavy atom. The highest BCUT2D eigenvalue weighted by atomic mass is 19.1. The first-order valence-corrected chi connectivity index (χ1v) is 8.96. The van der Waals surface area contributed by atoms with E-state index >= 15 is 0 Å². The van der Waals surface area contributed by atoms with Gasteiger partial charge < -0.3 is 14.7 Å². The van der Waals surface area contributed by atoms with Crippen LogP contribution in [0.5, 0.6) is 0 Å². The average molecular weight is 386 g/mol. The predicted octanol–water partition coefficient (Wildman–Crippen LogP) is 2.85. The van der Waals surface area contributed by atoms with E-state index in [1.165, 1.54) is 18.2 Å². The highest BCUT2D eigenvalue weighted by Gasteiger charge is 2.34. The van der Waals surface area contributed by atoms with Crippen molar-refractivity contribution >= 4 is 5.71 Å². The number of nitrogens with zero attached hydrogens (tertiary/aromatic N) is 4. The van der Waals surface area contributed by atoms with Gasteiger partial charge in [-0.15, -0.1) is 0 Å². The molecule has 1 aromatic carbocycles. The van der Waals surface area contributed by atoms with Crippen LogP contribution >= 0.6 is 0 Å². The molecule has 4 rings (SSSR count).